The number of hydrogen-bond acceptors (Lipinski definition) is 10. The van der Waals surface area contributed by atoms with Crippen molar-refractivity contribution >= 4 is 33.9 Å². The maximum Gasteiger partial charge on any atom is 0.294 e. The van der Waals surface area contributed by atoms with Crippen molar-refractivity contribution < 1.29 is 18.9 Å². The van der Waals surface area contributed by atoms with Crippen molar-refractivity contribution in [3.63, 3.8) is 0 Å². The molecule has 0 aliphatic rings. The summed E-state index contributed by atoms with van der Waals surface area (Å²) in [6.45, 7) is 2.40. The molecule has 0 radical (unpaired) electrons. The van der Waals surface area contributed by atoms with Crippen LogP contribution in [0.15, 0.2) is 80.9 Å². The standard InChI is InChI=1S/C27H23BrN8O4/c1-16-7-6-8-17(11-16)15-39-24-20(28)12-18(13-21(24)38-2)14-30-32-27(37)22-23(19-9-4-3-5-10-19)36(35-31-22)26-25(29)33-40-34-26/h3-14H,15H2,1-2H3,(H2,29,33)(H,32,37)/b30-14-. The van der Waals surface area contributed by atoms with E-state index < -0.39 is 5.91 Å². The first-order valence-corrected chi connectivity index (χ1v) is 12.7. The summed E-state index contributed by atoms with van der Waals surface area (Å²) in [5, 5.41) is 19.5. The molecule has 13 heteroatoms. The largest absolute Gasteiger partial charge is 0.493 e. The highest BCUT2D eigenvalue weighted by molar-refractivity contribution is 9.10. The third kappa shape index (κ3) is 5.68. The van der Waals surface area contributed by atoms with Crippen LogP contribution in [-0.4, -0.2) is 44.5 Å². The second-order valence-corrected chi connectivity index (χ2v) is 9.40. The minimum Gasteiger partial charge on any atom is -0.493 e. The first kappa shape index (κ1) is 26.6. The molecule has 3 N–H and O–H groups in total. The van der Waals surface area contributed by atoms with Gasteiger partial charge in [-0.3, -0.25) is 4.79 Å². The average molecular weight is 603 g/mol. The molecular formula is C27H23BrN8O4. The number of amides is 1. The number of nitrogens with zero attached hydrogens (tertiary/aromatic N) is 6. The smallest absolute Gasteiger partial charge is 0.294 e. The number of hydrazone groups is 1. The molecule has 2 heterocycles. The fraction of sp³-hybridized carbons (Fsp3) is 0.111. The van der Waals surface area contributed by atoms with Gasteiger partial charge in [-0.25, -0.2) is 10.1 Å². The number of nitrogens with one attached hydrogen (secondary N) is 1. The van der Waals surface area contributed by atoms with Gasteiger partial charge in [-0.15, -0.1) is 5.10 Å². The number of carbonyl (C=O) groups is 1. The molecule has 0 spiro atoms. The molecule has 0 saturated carbocycles. The van der Waals surface area contributed by atoms with Gasteiger partial charge >= 0.3 is 0 Å². The quantitative estimate of drug-likeness (QED) is 0.185. The summed E-state index contributed by atoms with van der Waals surface area (Å²) >= 11 is 3.54. The van der Waals surface area contributed by atoms with Crippen molar-refractivity contribution in [2.75, 3.05) is 12.8 Å². The van der Waals surface area contributed by atoms with Crippen LogP contribution in [0.4, 0.5) is 5.82 Å². The topological polar surface area (TPSA) is 156 Å². The summed E-state index contributed by atoms with van der Waals surface area (Å²) in [7, 11) is 1.55. The molecule has 3 aromatic carbocycles. The third-order valence-corrected chi connectivity index (χ3v) is 6.31. The average Bonchev–Trinajstić information content (AvgIpc) is 3.58. The third-order valence-electron chi connectivity index (χ3n) is 5.73. The van der Waals surface area contributed by atoms with Crippen LogP contribution in [0, 0.1) is 6.92 Å². The maximum atomic E-state index is 13.1. The minimum absolute atomic E-state index is 0.00195. The number of carbonyl (C=O) groups excluding carboxylic acids is 1. The van der Waals surface area contributed by atoms with E-state index in [1.165, 1.54) is 10.9 Å². The van der Waals surface area contributed by atoms with Crippen LogP contribution in [0.1, 0.15) is 27.2 Å². The Labute approximate surface area is 236 Å². The monoisotopic (exact) mass is 602 g/mol. The zero-order valence-corrected chi connectivity index (χ0v) is 23.0. The van der Waals surface area contributed by atoms with Crippen LogP contribution in [-0.2, 0) is 6.61 Å². The van der Waals surface area contributed by atoms with E-state index >= 15 is 0 Å². The van der Waals surface area contributed by atoms with Gasteiger partial charge in [0, 0.05) is 5.56 Å². The van der Waals surface area contributed by atoms with E-state index in [4.69, 9.17) is 19.8 Å². The fourth-order valence-corrected chi connectivity index (χ4v) is 4.48. The van der Waals surface area contributed by atoms with E-state index in [2.05, 4.69) is 53.1 Å². The molecule has 0 fully saturated rings. The zero-order valence-electron chi connectivity index (χ0n) is 21.4. The number of rotatable bonds is 9. The van der Waals surface area contributed by atoms with Crippen LogP contribution < -0.4 is 20.6 Å². The number of aryl methyl sites for hydroxylation is 1. The molecule has 0 aliphatic heterocycles. The summed E-state index contributed by atoms with van der Waals surface area (Å²) in [4.78, 5) is 13.1. The Hall–Kier alpha value is -5.04. The number of benzene rings is 3. The number of anilines is 1. The number of halogens is 1. The van der Waals surface area contributed by atoms with Gasteiger partial charge in [0.2, 0.25) is 11.6 Å². The number of methoxy groups -OCH3 is 1. The van der Waals surface area contributed by atoms with E-state index in [9.17, 15) is 4.79 Å². The molecule has 0 atom stereocenters. The van der Waals surface area contributed by atoms with Crippen molar-refractivity contribution in [2.24, 2.45) is 5.10 Å². The Morgan fingerprint density at radius 2 is 1.98 bits per heavy atom. The lowest BCUT2D eigenvalue weighted by Crippen LogP contribution is -2.19. The molecule has 12 nitrogen and oxygen atoms in total. The van der Waals surface area contributed by atoms with Crippen molar-refractivity contribution in [1.29, 1.82) is 0 Å². The Kier molecular flexibility index (Phi) is 7.82. The van der Waals surface area contributed by atoms with Crippen LogP contribution in [0.5, 0.6) is 11.5 Å². The summed E-state index contributed by atoms with van der Waals surface area (Å²) in [6.07, 6.45) is 1.47. The van der Waals surface area contributed by atoms with E-state index in [0.717, 1.165) is 11.1 Å². The molecule has 0 saturated heterocycles. The van der Waals surface area contributed by atoms with Gasteiger partial charge in [0.15, 0.2) is 17.2 Å². The van der Waals surface area contributed by atoms with Gasteiger partial charge in [0.25, 0.3) is 5.91 Å². The van der Waals surface area contributed by atoms with Gasteiger partial charge in [-0.1, -0.05) is 65.4 Å². The van der Waals surface area contributed by atoms with Crippen molar-refractivity contribution in [3.8, 4) is 28.6 Å². The molecule has 202 valence electrons. The highest BCUT2D eigenvalue weighted by Crippen LogP contribution is 2.37. The number of ether oxygens (including phenoxy) is 2. The van der Waals surface area contributed by atoms with Gasteiger partial charge in [-0.2, -0.15) is 9.78 Å². The van der Waals surface area contributed by atoms with Crippen LogP contribution >= 0.6 is 15.9 Å². The van der Waals surface area contributed by atoms with E-state index in [1.807, 2.05) is 43.3 Å². The normalized spacial score (nSPS) is 11.1. The highest BCUT2D eigenvalue weighted by atomic mass is 79.9. The first-order valence-electron chi connectivity index (χ1n) is 11.9. The van der Waals surface area contributed by atoms with Gasteiger partial charge in [-0.05, 0) is 56.4 Å². The predicted molar refractivity (Wildman–Crippen MR) is 150 cm³/mol. The van der Waals surface area contributed by atoms with Crippen LogP contribution in [0.25, 0.3) is 17.1 Å². The second-order valence-electron chi connectivity index (χ2n) is 8.55. The van der Waals surface area contributed by atoms with Crippen molar-refractivity contribution in [2.45, 2.75) is 13.5 Å². The molecule has 5 aromatic rings. The Balaban J connectivity index is 1.35. The van der Waals surface area contributed by atoms with Gasteiger partial charge in [0.1, 0.15) is 12.3 Å². The highest BCUT2D eigenvalue weighted by Gasteiger charge is 2.25. The molecule has 5 rings (SSSR count). The van der Waals surface area contributed by atoms with E-state index in [1.54, 1.807) is 31.4 Å². The minimum atomic E-state index is -0.597. The van der Waals surface area contributed by atoms with Crippen LogP contribution in [0.3, 0.4) is 0 Å². The molecule has 0 unspecified atom stereocenters. The summed E-state index contributed by atoms with van der Waals surface area (Å²) in [5.41, 5.74) is 12.2. The van der Waals surface area contributed by atoms with Crippen molar-refractivity contribution in [1.82, 2.24) is 30.7 Å². The molecule has 40 heavy (non-hydrogen) atoms. The Morgan fingerprint density at radius 1 is 1.15 bits per heavy atom. The van der Waals surface area contributed by atoms with E-state index in [0.29, 0.717) is 39.4 Å². The lowest BCUT2D eigenvalue weighted by Gasteiger charge is -2.14. The molecule has 2 aromatic heterocycles. The first-order chi connectivity index (χ1) is 19.4. The van der Waals surface area contributed by atoms with Crippen molar-refractivity contribution in [3.05, 3.63) is 93.6 Å². The van der Waals surface area contributed by atoms with E-state index in [-0.39, 0.29) is 17.3 Å². The number of aromatic nitrogens is 5. The Morgan fingerprint density at radius 3 is 2.70 bits per heavy atom. The zero-order chi connectivity index (χ0) is 28.1. The number of hydrogen-bond donors (Lipinski definition) is 2. The number of nitrogens with two attached hydrogens (primary N) is 1. The molecule has 0 aliphatic carbocycles. The maximum absolute atomic E-state index is 13.1. The summed E-state index contributed by atoms with van der Waals surface area (Å²) in [5.74, 6) is 0.563. The summed E-state index contributed by atoms with van der Waals surface area (Å²) < 4.78 is 18.2. The lowest BCUT2D eigenvalue weighted by atomic mass is 10.1. The molecule has 0 bridgehead atoms. The second kappa shape index (κ2) is 11.8. The van der Waals surface area contributed by atoms with Gasteiger partial charge in [0.05, 0.1) is 17.8 Å². The SMILES string of the molecule is COc1cc(/C=N\NC(=O)c2nnn(-c3nonc3N)c2-c2ccccc2)cc(Br)c1OCc1cccc(C)c1. The Bertz CT molecular complexity index is 1680. The van der Waals surface area contributed by atoms with Gasteiger partial charge < -0.3 is 15.2 Å². The number of nitrogen functional groups attached to an aromatic ring is 1. The van der Waals surface area contributed by atoms with Crippen LogP contribution in [0.2, 0.25) is 0 Å². The predicted octanol–water partition coefficient (Wildman–Crippen LogP) is 4.32. The summed E-state index contributed by atoms with van der Waals surface area (Å²) in [6, 6.07) is 20.7. The fourth-order valence-electron chi connectivity index (χ4n) is 3.91. The molecular weight excluding hydrogens is 580 g/mol. The molecule has 1 amide bonds. The lowest BCUT2D eigenvalue weighted by molar-refractivity contribution is 0.0950.